The first-order valence-corrected chi connectivity index (χ1v) is 14.2. The Morgan fingerprint density at radius 2 is 1.61 bits per heavy atom. The molecule has 33 heavy (non-hydrogen) atoms. The zero-order valence-corrected chi connectivity index (χ0v) is 21.1. The van der Waals surface area contributed by atoms with Crippen LogP contribution in [0.2, 0.25) is 0 Å². The average Bonchev–Trinajstić information content (AvgIpc) is 2.84. The number of unbranched alkanes of at least 4 members (excludes halogenated alkanes) is 2. The quantitative estimate of drug-likeness (QED) is 0.253. The Balaban J connectivity index is 1.24. The number of halogens is 1. The van der Waals surface area contributed by atoms with Crippen molar-refractivity contribution < 1.29 is 9.13 Å². The molecule has 0 amide bonds. The van der Waals surface area contributed by atoms with E-state index in [1.165, 1.54) is 83.5 Å². The van der Waals surface area contributed by atoms with Crippen LogP contribution >= 0.6 is 0 Å². The van der Waals surface area contributed by atoms with Crippen LogP contribution in [0.15, 0.2) is 30.9 Å². The predicted octanol–water partition coefficient (Wildman–Crippen LogP) is 9.47. The molecule has 0 saturated heterocycles. The minimum Gasteiger partial charge on any atom is -0.493 e. The third kappa shape index (κ3) is 6.64. The summed E-state index contributed by atoms with van der Waals surface area (Å²) in [6.07, 6.45) is 22.2. The normalized spacial score (nSPS) is 32.2. The Morgan fingerprint density at radius 1 is 0.909 bits per heavy atom. The Labute approximate surface area is 202 Å². The molecule has 1 aromatic rings. The van der Waals surface area contributed by atoms with Crippen LogP contribution in [0.25, 0.3) is 0 Å². The molecule has 3 fully saturated rings. The second kappa shape index (κ2) is 12.4. The highest BCUT2D eigenvalue weighted by Gasteiger charge is 2.39. The van der Waals surface area contributed by atoms with E-state index in [1.54, 1.807) is 6.07 Å². The SMILES string of the molecule is C=CCCOc1ccc(C2CCC3CC(C4CCC(CCCCC)CC4)CCC3C2)c(F)c1. The molecule has 0 heterocycles. The summed E-state index contributed by atoms with van der Waals surface area (Å²) >= 11 is 0. The molecule has 0 N–H and O–H groups in total. The van der Waals surface area contributed by atoms with E-state index in [0.29, 0.717) is 18.3 Å². The van der Waals surface area contributed by atoms with Gasteiger partial charge < -0.3 is 4.74 Å². The van der Waals surface area contributed by atoms with Crippen LogP contribution in [0.1, 0.15) is 115 Å². The Hall–Kier alpha value is -1.31. The van der Waals surface area contributed by atoms with Crippen molar-refractivity contribution in [3.63, 3.8) is 0 Å². The lowest BCUT2D eigenvalue weighted by molar-refractivity contribution is 0.0706. The van der Waals surface area contributed by atoms with Gasteiger partial charge in [0.05, 0.1) is 6.61 Å². The van der Waals surface area contributed by atoms with E-state index in [4.69, 9.17) is 4.74 Å². The van der Waals surface area contributed by atoms with E-state index >= 15 is 0 Å². The molecule has 4 rings (SSSR count). The van der Waals surface area contributed by atoms with Crippen LogP contribution in [0.4, 0.5) is 4.39 Å². The summed E-state index contributed by atoms with van der Waals surface area (Å²) < 4.78 is 20.5. The Morgan fingerprint density at radius 3 is 2.33 bits per heavy atom. The number of benzene rings is 1. The molecule has 0 aromatic heterocycles. The maximum Gasteiger partial charge on any atom is 0.130 e. The first-order valence-electron chi connectivity index (χ1n) is 14.2. The van der Waals surface area contributed by atoms with Gasteiger partial charge in [0.1, 0.15) is 11.6 Å². The molecule has 0 spiro atoms. The van der Waals surface area contributed by atoms with E-state index in [1.807, 2.05) is 18.2 Å². The molecule has 0 aliphatic heterocycles. The zero-order chi connectivity index (χ0) is 23.0. The van der Waals surface area contributed by atoms with Crippen molar-refractivity contribution in [2.75, 3.05) is 6.61 Å². The van der Waals surface area contributed by atoms with Crippen LogP contribution in [0.5, 0.6) is 5.75 Å². The number of hydrogen-bond donors (Lipinski definition) is 0. The molecule has 0 bridgehead atoms. The largest absolute Gasteiger partial charge is 0.493 e. The summed E-state index contributed by atoms with van der Waals surface area (Å²) in [7, 11) is 0. The van der Waals surface area contributed by atoms with Crippen molar-refractivity contribution in [2.45, 2.75) is 109 Å². The molecule has 0 radical (unpaired) electrons. The van der Waals surface area contributed by atoms with Gasteiger partial charge in [0, 0.05) is 6.07 Å². The van der Waals surface area contributed by atoms with Crippen molar-refractivity contribution in [1.29, 1.82) is 0 Å². The van der Waals surface area contributed by atoms with Crippen LogP contribution in [0, 0.1) is 35.4 Å². The fourth-order valence-corrected chi connectivity index (χ4v) is 7.46. The van der Waals surface area contributed by atoms with Crippen LogP contribution in [-0.4, -0.2) is 6.61 Å². The number of fused-ring (bicyclic) bond motifs is 1. The zero-order valence-electron chi connectivity index (χ0n) is 21.1. The van der Waals surface area contributed by atoms with Gasteiger partial charge in [0.15, 0.2) is 0 Å². The van der Waals surface area contributed by atoms with Gasteiger partial charge in [-0.3, -0.25) is 0 Å². The molecular formula is C31H47FO. The van der Waals surface area contributed by atoms with E-state index in [9.17, 15) is 4.39 Å². The van der Waals surface area contributed by atoms with Crippen molar-refractivity contribution in [3.05, 3.63) is 42.2 Å². The molecule has 4 unspecified atom stereocenters. The van der Waals surface area contributed by atoms with Crippen LogP contribution in [0.3, 0.4) is 0 Å². The molecule has 3 aliphatic rings. The van der Waals surface area contributed by atoms with Crippen LogP contribution in [-0.2, 0) is 0 Å². The lowest BCUT2D eigenvalue weighted by Gasteiger charge is -2.45. The summed E-state index contributed by atoms with van der Waals surface area (Å²) in [6.45, 7) is 6.59. The molecular weight excluding hydrogens is 407 g/mol. The van der Waals surface area contributed by atoms with Crippen molar-refractivity contribution in [2.24, 2.45) is 29.6 Å². The number of hydrogen-bond acceptors (Lipinski definition) is 1. The maximum absolute atomic E-state index is 14.9. The van der Waals surface area contributed by atoms with Gasteiger partial charge in [-0.05, 0) is 105 Å². The minimum atomic E-state index is -0.0704. The first-order chi connectivity index (χ1) is 16.2. The van der Waals surface area contributed by atoms with Gasteiger partial charge >= 0.3 is 0 Å². The third-order valence-corrected chi connectivity index (χ3v) is 9.43. The second-order valence-corrected chi connectivity index (χ2v) is 11.5. The number of ether oxygens (including phenoxy) is 1. The minimum absolute atomic E-state index is 0.0704. The Kier molecular flexibility index (Phi) is 9.33. The molecule has 1 aromatic carbocycles. The highest BCUT2D eigenvalue weighted by Crippen LogP contribution is 2.51. The molecule has 4 atom stereocenters. The van der Waals surface area contributed by atoms with Gasteiger partial charge in [-0.1, -0.05) is 57.6 Å². The lowest BCUT2D eigenvalue weighted by Crippen LogP contribution is -2.34. The second-order valence-electron chi connectivity index (χ2n) is 11.5. The van der Waals surface area contributed by atoms with Gasteiger partial charge in [0.25, 0.3) is 0 Å². The smallest absolute Gasteiger partial charge is 0.130 e. The Bertz CT molecular complexity index is 734. The summed E-state index contributed by atoms with van der Waals surface area (Å²) in [5, 5.41) is 0. The lowest BCUT2D eigenvalue weighted by atomic mass is 9.60. The van der Waals surface area contributed by atoms with E-state index < -0.39 is 0 Å². The maximum atomic E-state index is 14.9. The fraction of sp³-hybridized carbons (Fsp3) is 0.742. The highest BCUT2D eigenvalue weighted by molar-refractivity contribution is 5.31. The average molecular weight is 455 g/mol. The van der Waals surface area contributed by atoms with Gasteiger partial charge in [-0.25, -0.2) is 4.39 Å². The van der Waals surface area contributed by atoms with E-state index in [2.05, 4.69) is 13.5 Å². The highest BCUT2D eigenvalue weighted by atomic mass is 19.1. The topological polar surface area (TPSA) is 9.23 Å². The molecule has 184 valence electrons. The van der Waals surface area contributed by atoms with Gasteiger partial charge in [-0.2, -0.15) is 0 Å². The summed E-state index contributed by atoms with van der Waals surface area (Å²) in [6, 6.07) is 5.55. The molecule has 2 heteroatoms. The molecule has 3 aliphatic carbocycles. The van der Waals surface area contributed by atoms with Gasteiger partial charge in [0.2, 0.25) is 0 Å². The monoisotopic (exact) mass is 454 g/mol. The summed E-state index contributed by atoms with van der Waals surface area (Å²) in [4.78, 5) is 0. The van der Waals surface area contributed by atoms with Crippen molar-refractivity contribution in [3.8, 4) is 5.75 Å². The molecule has 1 nitrogen and oxygen atoms in total. The van der Waals surface area contributed by atoms with Crippen molar-refractivity contribution in [1.82, 2.24) is 0 Å². The first kappa shape index (κ1) is 24.8. The summed E-state index contributed by atoms with van der Waals surface area (Å²) in [5.41, 5.74) is 0.924. The van der Waals surface area contributed by atoms with E-state index in [-0.39, 0.29) is 5.82 Å². The van der Waals surface area contributed by atoms with Crippen LogP contribution < -0.4 is 4.74 Å². The third-order valence-electron chi connectivity index (χ3n) is 9.43. The standard InChI is InChI=1S/C31H47FO/c1-3-5-7-8-23-9-11-24(12-10-23)25-13-14-27-21-28(16-15-26(27)20-25)30-18-17-29(22-31(30)32)33-19-6-4-2/h4,17-18,22-28H,2-3,5-16,19-21H2,1H3. The molecule has 3 saturated carbocycles. The fourth-order valence-electron chi connectivity index (χ4n) is 7.46. The number of rotatable bonds is 10. The van der Waals surface area contributed by atoms with E-state index in [0.717, 1.165) is 48.0 Å². The summed E-state index contributed by atoms with van der Waals surface area (Å²) in [5.74, 6) is 5.67. The predicted molar refractivity (Wildman–Crippen MR) is 137 cm³/mol. The van der Waals surface area contributed by atoms with Crippen molar-refractivity contribution >= 4 is 0 Å². The van der Waals surface area contributed by atoms with Gasteiger partial charge in [-0.15, -0.1) is 6.58 Å².